The first-order valence-electron chi connectivity index (χ1n) is 5.64. The highest BCUT2D eigenvalue weighted by atomic mass is 19.2. The van der Waals surface area contributed by atoms with Gasteiger partial charge in [-0.2, -0.15) is 0 Å². The van der Waals surface area contributed by atoms with Crippen molar-refractivity contribution in [3.05, 3.63) is 58.9 Å². The van der Waals surface area contributed by atoms with Gasteiger partial charge in [0.25, 0.3) is 0 Å². The third kappa shape index (κ3) is 2.59. The summed E-state index contributed by atoms with van der Waals surface area (Å²) in [5.74, 6) is -5.24. The molecule has 2 aromatic carbocycles. The fraction of sp³-hybridized carbons (Fsp3) is 0.0714. The second-order valence-electron chi connectivity index (χ2n) is 4.18. The molecule has 3 nitrogen and oxygen atoms in total. The van der Waals surface area contributed by atoms with E-state index in [4.69, 9.17) is 5.11 Å². The molecule has 0 aliphatic rings. The molecule has 0 aromatic heterocycles. The summed E-state index contributed by atoms with van der Waals surface area (Å²) in [6, 6.07) is 6.03. The highest BCUT2D eigenvalue weighted by Gasteiger charge is 2.14. The lowest BCUT2D eigenvalue weighted by molar-refractivity contribution is 0.0697. The minimum absolute atomic E-state index is 0.0822. The average Bonchev–Trinajstić information content (AvgIpc) is 2.41. The Morgan fingerprint density at radius 2 is 1.70 bits per heavy atom. The predicted octanol–water partition coefficient (Wildman–Crippen LogP) is 3.85. The smallest absolute Gasteiger partial charge is 0.335 e. The van der Waals surface area contributed by atoms with Gasteiger partial charge in [0.05, 0.1) is 11.3 Å². The molecule has 2 N–H and O–H groups in total. The maximum atomic E-state index is 13.5. The normalized spacial score (nSPS) is 10.4. The molecule has 0 spiro atoms. The first-order valence-corrected chi connectivity index (χ1v) is 5.64. The molecule has 6 heteroatoms. The van der Waals surface area contributed by atoms with Crippen LogP contribution in [-0.4, -0.2) is 11.1 Å². The number of carboxylic acids is 1. The summed E-state index contributed by atoms with van der Waals surface area (Å²) in [6.45, 7) is 1.62. The molecular weight excluding hydrogens is 271 g/mol. The zero-order valence-corrected chi connectivity index (χ0v) is 10.4. The first kappa shape index (κ1) is 13.9. The Morgan fingerprint density at radius 3 is 2.30 bits per heavy atom. The molecule has 2 rings (SSSR count). The minimum atomic E-state index is -1.56. The van der Waals surface area contributed by atoms with E-state index in [1.54, 1.807) is 6.92 Å². The molecule has 0 saturated carbocycles. The van der Waals surface area contributed by atoms with Crippen molar-refractivity contribution in [2.75, 3.05) is 5.32 Å². The Morgan fingerprint density at radius 1 is 1.05 bits per heavy atom. The van der Waals surface area contributed by atoms with Gasteiger partial charge in [-0.3, -0.25) is 0 Å². The van der Waals surface area contributed by atoms with Crippen molar-refractivity contribution in [3.8, 4) is 0 Å². The molecule has 0 heterocycles. The average molecular weight is 281 g/mol. The van der Waals surface area contributed by atoms with E-state index >= 15 is 0 Å². The number of aryl methyl sites for hydroxylation is 1. The van der Waals surface area contributed by atoms with Crippen LogP contribution < -0.4 is 5.32 Å². The Kier molecular flexibility index (Phi) is 3.65. The quantitative estimate of drug-likeness (QED) is 0.840. The molecule has 0 radical (unpaired) electrons. The fourth-order valence-electron chi connectivity index (χ4n) is 1.70. The number of hydrogen-bond acceptors (Lipinski definition) is 2. The molecular formula is C14H10F3NO2. The third-order valence-corrected chi connectivity index (χ3v) is 2.78. The molecule has 0 amide bonds. The number of benzene rings is 2. The molecule has 104 valence electrons. The van der Waals surface area contributed by atoms with Gasteiger partial charge in [0, 0.05) is 5.69 Å². The van der Waals surface area contributed by atoms with Crippen LogP contribution >= 0.6 is 0 Å². The third-order valence-electron chi connectivity index (χ3n) is 2.78. The van der Waals surface area contributed by atoms with E-state index in [1.807, 2.05) is 0 Å². The number of carbonyl (C=O) groups is 1. The molecule has 0 saturated heterocycles. The monoisotopic (exact) mass is 281 g/mol. The molecule has 0 bridgehead atoms. The van der Waals surface area contributed by atoms with Crippen LogP contribution in [0.5, 0.6) is 0 Å². The Labute approximate surface area is 112 Å². The van der Waals surface area contributed by atoms with E-state index in [0.29, 0.717) is 11.3 Å². The summed E-state index contributed by atoms with van der Waals surface area (Å²) < 4.78 is 39.4. The largest absolute Gasteiger partial charge is 0.478 e. The van der Waals surface area contributed by atoms with Crippen LogP contribution in [0.25, 0.3) is 0 Å². The number of anilines is 2. The van der Waals surface area contributed by atoms with Crippen molar-refractivity contribution in [2.24, 2.45) is 0 Å². The van der Waals surface area contributed by atoms with Crippen LogP contribution in [0, 0.1) is 24.4 Å². The Bertz CT molecular complexity index is 686. The SMILES string of the molecule is Cc1cc(C(=O)O)ccc1Nc1ccc(F)c(F)c1F. The standard InChI is InChI=1S/C14H10F3NO2/c1-7-6-8(14(19)20)2-4-10(7)18-11-5-3-9(15)12(16)13(11)17/h2-6,18H,1H3,(H,19,20). The number of halogens is 3. The van der Waals surface area contributed by atoms with Gasteiger partial charge in [-0.25, -0.2) is 18.0 Å². The molecule has 20 heavy (non-hydrogen) atoms. The maximum absolute atomic E-state index is 13.5. The van der Waals surface area contributed by atoms with Gasteiger partial charge in [-0.1, -0.05) is 0 Å². The van der Waals surface area contributed by atoms with Crippen molar-refractivity contribution in [1.82, 2.24) is 0 Å². The van der Waals surface area contributed by atoms with Crippen molar-refractivity contribution in [2.45, 2.75) is 6.92 Å². The second-order valence-corrected chi connectivity index (χ2v) is 4.18. The van der Waals surface area contributed by atoms with Crippen molar-refractivity contribution in [1.29, 1.82) is 0 Å². The van der Waals surface area contributed by atoms with Crippen LogP contribution in [0.2, 0.25) is 0 Å². The van der Waals surface area contributed by atoms with Gasteiger partial charge in [-0.05, 0) is 42.8 Å². The molecule has 0 unspecified atom stereocenters. The van der Waals surface area contributed by atoms with Gasteiger partial charge in [0.2, 0.25) is 0 Å². The Hall–Kier alpha value is -2.50. The highest BCUT2D eigenvalue weighted by Crippen LogP contribution is 2.26. The number of rotatable bonds is 3. The lowest BCUT2D eigenvalue weighted by Crippen LogP contribution is -2.02. The van der Waals surface area contributed by atoms with E-state index in [9.17, 15) is 18.0 Å². The lowest BCUT2D eigenvalue weighted by atomic mass is 10.1. The van der Waals surface area contributed by atoms with Gasteiger partial charge in [-0.15, -0.1) is 0 Å². The minimum Gasteiger partial charge on any atom is -0.478 e. The lowest BCUT2D eigenvalue weighted by Gasteiger charge is -2.11. The summed E-state index contributed by atoms with van der Waals surface area (Å²) in [4.78, 5) is 10.8. The zero-order chi connectivity index (χ0) is 14.9. The summed E-state index contributed by atoms with van der Waals surface area (Å²) in [5.41, 5.74) is 0.794. The van der Waals surface area contributed by atoms with Gasteiger partial charge < -0.3 is 10.4 Å². The summed E-state index contributed by atoms with van der Waals surface area (Å²) >= 11 is 0. The van der Waals surface area contributed by atoms with Crippen molar-refractivity contribution in [3.63, 3.8) is 0 Å². The number of aromatic carboxylic acids is 1. The van der Waals surface area contributed by atoms with Crippen molar-refractivity contribution < 1.29 is 23.1 Å². The second kappa shape index (κ2) is 5.24. The molecule has 2 aromatic rings. The topological polar surface area (TPSA) is 49.3 Å². The number of carboxylic acid groups (broad SMARTS) is 1. The molecule has 0 aliphatic heterocycles. The van der Waals surface area contributed by atoms with Gasteiger partial charge >= 0.3 is 5.97 Å². The highest BCUT2D eigenvalue weighted by molar-refractivity contribution is 5.88. The maximum Gasteiger partial charge on any atom is 0.335 e. The first-order chi connectivity index (χ1) is 9.40. The Balaban J connectivity index is 2.36. The van der Waals surface area contributed by atoms with Crippen LogP contribution in [0.3, 0.4) is 0 Å². The van der Waals surface area contributed by atoms with Crippen LogP contribution in [0.1, 0.15) is 15.9 Å². The van der Waals surface area contributed by atoms with E-state index in [1.165, 1.54) is 18.2 Å². The van der Waals surface area contributed by atoms with Gasteiger partial charge in [0.15, 0.2) is 17.5 Å². The van der Waals surface area contributed by atoms with Gasteiger partial charge in [0.1, 0.15) is 0 Å². The number of hydrogen-bond donors (Lipinski definition) is 2. The van der Waals surface area contributed by atoms with E-state index in [-0.39, 0.29) is 11.3 Å². The molecule has 0 fully saturated rings. The molecule has 0 atom stereocenters. The van der Waals surface area contributed by atoms with E-state index in [2.05, 4.69) is 5.32 Å². The van der Waals surface area contributed by atoms with E-state index in [0.717, 1.165) is 12.1 Å². The predicted molar refractivity (Wildman–Crippen MR) is 67.7 cm³/mol. The zero-order valence-electron chi connectivity index (χ0n) is 10.4. The molecule has 0 aliphatic carbocycles. The summed E-state index contributed by atoms with van der Waals surface area (Å²) in [5, 5.41) is 11.4. The van der Waals surface area contributed by atoms with Crippen molar-refractivity contribution >= 4 is 17.3 Å². The van der Waals surface area contributed by atoms with Crippen LogP contribution in [0.15, 0.2) is 30.3 Å². The number of nitrogens with one attached hydrogen (secondary N) is 1. The van der Waals surface area contributed by atoms with Crippen LogP contribution in [-0.2, 0) is 0 Å². The fourth-order valence-corrected chi connectivity index (χ4v) is 1.70. The summed E-state index contributed by atoms with van der Waals surface area (Å²) in [6.07, 6.45) is 0. The summed E-state index contributed by atoms with van der Waals surface area (Å²) in [7, 11) is 0. The van der Waals surface area contributed by atoms with Crippen LogP contribution in [0.4, 0.5) is 24.5 Å². The van der Waals surface area contributed by atoms with E-state index < -0.39 is 23.4 Å².